The van der Waals surface area contributed by atoms with Crippen LogP contribution in [0.1, 0.15) is 103 Å². The van der Waals surface area contributed by atoms with E-state index in [0.29, 0.717) is 37.8 Å². The lowest BCUT2D eigenvalue weighted by molar-refractivity contribution is 0.0595. The monoisotopic (exact) mass is 1190 g/mol. The Hall–Kier alpha value is -4.90. The van der Waals surface area contributed by atoms with E-state index in [1.54, 1.807) is 0 Å². The second-order valence-electron chi connectivity index (χ2n) is 21.3. The third-order valence-electron chi connectivity index (χ3n) is 13.8. The molecule has 0 radical (unpaired) electrons. The molecule has 19 heteroatoms. The van der Waals surface area contributed by atoms with Gasteiger partial charge in [0.2, 0.25) is 9.05 Å². The number of nitrogens with zero attached hydrogens (tertiary/aromatic N) is 1. The Morgan fingerprint density at radius 2 is 0.667 bits per heavy atom. The molecule has 6 aromatic carbocycles. The lowest BCUT2D eigenvalue weighted by Crippen LogP contribution is -2.47. The molecule has 4 fully saturated rings. The predicted molar refractivity (Wildman–Crippen MR) is 328 cm³/mol. The molecule has 0 atom stereocenters. The maximum absolute atomic E-state index is 11.2. The molecule has 4 aliphatic rings. The SMILES string of the molecule is CN(C)C1CC(N)C1.CNC.CS(=O)(=O)Cl.CS(=O)(=O)OC1CC(NC(c2ccccc2)c2ccccc2)C1.CS(=O)(=O)OC1CC(NC(c2ccccc2)c2ccccc2)C1.OC1CC(NC(c2ccccc2)c2ccccc2)C1. The maximum atomic E-state index is 11.2. The van der Waals surface area contributed by atoms with Crippen LogP contribution in [0, 0.1) is 0 Å². The summed E-state index contributed by atoms with van der Waals surface area (Å²) in [5, 5.41) is 23.1. The lowest BCUT2D eigenvalue weighted by Gasteiger charge is -2.37. The van der Waals surface area contributed by atoms with Crippen molar-refractivity contribution < 1.29 is 38.7 Å². The summed E-state index contributed by atoms with van der Waals surface area (Å²) in [6, 6.07) is 64.7. The average Bonchev–Trinajstić information content (AvgIpc) is 3.39. The molecule has 0 spiro atoms. The fraction of sp³-hybridized carbons (Fsp3) is 0.419. The van der Waals surface area contributed by atoms with Gasteiger partial charge in [-0.15, -0.1) is 0 Å². The van der Waals surface area contributed by atoms with Gasteiger partial charge in [0.1, 0.15) is 0 Å². The Balaban J connectivity index is 0.000000197. The van der Waals surface area contributed by atoms with Crippen LogP contribution in [-0.2, 0) is 37.7 Å². The van der Waals surface area contributed by atoms with E-state index in [9.17, 15) is 30.4 Å². The highest BCUT2D eigenvalue weighted by Gasteiger charge is 2.36. The standard InChI is InChI=1S/2C18H21NO3S.C17H19NO.C6H14N2.C2H7N.CH3ClO2S/c2*1-23(20,21)22-17-12-16(13-17)19-18(14-8-4-2-5-9-14)15-10-6-3-7-11-15;19-16-11-15(12-16)18-17(13-7-3-1-4-8-13)14-9-5-2-6-10-14;1-8(2)6-3-5(7)4-6;1-3-2;1-5(2,3)4/h2*2-11,16-19H,12-13H2,1H3;1-10,15-19H,11-12H2;5-6H,3-4,7H2,1-2H3;3H,1-2H3;1H3. The van der Waals surface area contributed by atoms with E-state index >= 15 is 0 Å². The summed E-state index contributed by atoms with van der Waals surface area (Å²) in [4.78, 5) is 2.24. The second kappa shape index (κ2) is 33.4. The summed E-state index contributed by atoms with van der Waals surface area (Å²) in [5.41, 5.74) is 12.9. The first kappa shape index (κ1) is 66.9. The maximum Gasteiger partial charge on any atom is 0.264 e. The molecule has 0 amide bonds. The largest absolute Gasteiger partial charge is 0.393 e. The Labute approximate surface area is 488 Å². The summed E-state index contributed by atoms with van der Waals surface area (Å²) in [5.74, 6) is 0. The molecular weight excluding hydrogens is 1100 g/mol. The number of nitrogens with one attached hydrogen (secondary N) is 4. The molecule has 7 N–H and O–H groups in total. The fourth-order valence-electron chi connectivity index (χ4n) is 9.57. The van der Waals surface area contributed by atoms with Crippen molar-refractivity contribution in [3.63, 3.8) is 0 Å². The highest BCUT2D eigenvalue weighted by Crippen LogP contribution is 2.33. The molecule has 6 aromatic rings. The van der Waals surface area contributed by atoms with Crippen LogP contribution in [0.4, 0.5) is 0 Å². The molecule has 10 rings (SSSR count). The fourth-order valence-corrected chi connectivity index (χ4v) is 10.9. The molecule has 0 bridgehead atoms. The van der Waals surface area contributed by atoms with E-state index in [1.165, 1.54) is 46.2 Å². The number of halogens is 1. The van der Waals surface area contributed by atoms with Gasteiger partial charge in [0.25, 0.3) is 20.2 Å². The van der Waals surface area contributed by atoms with Crippen molar-refractivity contribution >= 4 is 40.0 Å². The van der Waals surface area contributed by atoms with Crippen LogP contribution in [0.15, 0.2) is 182 Å². The van der Waals surface area contributed by atoms with Gasteiger partial charge in [0.05, 0.1) is 55.2 Å². The van der Waals surface area contributed by atoms with Gasteiger partial charge < -0.3 is 37.0 Å². The minimum Gasteiger partial charge on any atom is -0.393 e. The lowest BCUT2D eigenvalue weighted by atomic mass is 9.87. The zero-order valence-electron chi connectivity index (χ0n) is 47.7. The Morgan fingerprint density at radius 3 is 0.827 bits per heavy atom. The van der Waals surface area contributed by atoms with Gasteiger partial charge in [-0.05, 0) is 113 Å². The van der Waals surface area contributed by atoms with Gasteiger partial charge in [-0.2, -0.15) is 16.8 Å². The van der Waals surface area contributed by atoms with Crippen LogP contribution in [0.2, 0.25) is 0 Å². The zero-order valence-corrected chi connectivity index (χ0v) is 50.9. The van der Waals surface area contributed by atoms with E-state index in [4.69, 9.17) is 14.1 Å². The van der Waals surface area contributed by atoms with Crippen molar-refractivity contribution in [2.24, 2.45) is 5.73 Å². The second-order valence-corrected chi connectivity index (χ2v) is 27.5. The first-order chi connectivity index (χ1) is 38.5. The molecule has 442 valence electrons. The molecular formula is C62H85ClN6O9S3. The highest BCUT2D eigenvalue weighted by molar-refractivity contribution is 8.13. The molecule has 0 unspecified atom stereocenters. The van der Waals surface area contributed by atoms with Crippen molar-refractivity contribution in [1.29, 1.82) is 0 Å². The van der Waals surface area contributed by atoms with Gasteiger partial charge in [-0.3, -0.25) is 8.37 Å². The number of aliphatic hydroxyl groups is 1. The average molecular weight is 1190 g/mol. The van der Waals surface area contributed by atoms with Crippen molar-refractivity contribution in [2.45, 2.75) is 118 Å². The molecule has 0 saturated heterocycles. The van der Waals surface area contributed by atoms with Gasteiger partial charge in [0, 0.05) is 40.9 Å². The number of benzene rings is 6. The van der Waals surface area contributed by atoms with Crippen LogP contribution >= 0.6 is 10.7 Å². The minimum atomic E-state index is -3.37. The third kappa shape index (κ3) is 25.6. The summed E-state index contributed by atoms with van der Waals surface area (Å²) in [7, 11) is 2.54. The van der Waals surface area contributed by atoms with Crippen molar-refractivity contribution in [2.75, 3.05) is 47.0 Å². The smallest absolute Gasteiger partial charge is 0.264 e. The summed E-state index contributed by atoms with van der Waals surface area (Å²) < 4.78 is 73.5. The van der Waals surface area contributed by atoms with Gasteiger partial charge in [0.15, 0.2) is 0 Å². The molecule has 0 aliphatic heterocycles. The summed E-state index contributed by atoms with van der Waals surface area (Å²) in [6.45, 7) is 0. The molecule has 0 heterocycles. The number of aliphatic hydroxyl groups excluding tert-OH is 1. The third-order valence-corrected chi connectivity index (χ3v) is 15.1. The Morgan fingerprint density at radius 1 is 0.457 bits per heavy atom. The van der Waals surface area contributed by atoms with E-state index in [1.807, 2.05) is 99.0 Å². The van der Waals surface area contributed by atoms with E-state index in [2.05, 4.69) is 148 Å². The van der Waals surface area contributed by atoms with Gasteiger partial charge >= 0.3 is 0 Å². The molecule has 81 heavy (non-hydrogen) atoms. The first-order valence-corrected chi connectivity index (χ1v) is 33.7. The normalized spacial score (nSPS) is 21.9. The van der Waals surface area contributed by atoms with E-state index < -0.39 is 29.3 Å². The first-order valence-electron chi connectivity index (χ1n) is 27.4. The van der Waals surface area contributed by atoms with Crippen molar-refractivity contribution in [1.82, 2.24) is 26.2 Å². The molecule has 4 aliphatic carbocycles. The van der Waals surface area contributed by atoms with Crippen LogP contribution in [0.5, 0.6) is 0 Å². The Kier molecular flexibility index (Phi) is 27.6. The highest BCUT2D eigenvalue weighted by atomic mass is 35.7. The molecule has 15 nitrogen and oxygen atoms in total. The zero-order chi connectivity index (χ0) is 59.0. The van der Waals surface area contributed by atoms with Crippen LogP contribution in [0.25, 0.3) is 0 Å². The van der Waals surface area contributed by atoms with Crippen LogP contribution < -0.4 is 27.0 Å². The van der Waals surface area contributed by atoms with E-state index in [-0.39, 0.29) is 48.5 Å². The van der Waals surface area contributed by atoms with Crippen LogP contribution in [0.3, 0.4) is 0 Å². The summed E-state index contributed by atoms with van der Waals surface area (Å²) >= 11 is 0. The number of nitrogens with two attached hydrogens (primary N) is 1. The predicted octanol–water partition coefficient (Wildman–Crippen LogP) is 8.69. The number of rotatable bonds is 17. The summed E-state index contributed by atoms with van der Waals surface area (Å²) in [6.07, 6.45) is 9.54. The van der Waals surface area contributed by atoms with Gasteiger partial charge in [-0.1, -0.05) is 182 Å². The minimum absolute atomic E-state index is 0.0987. The van der Waals surface area contributed by atoms with Crippen molar-refractivity contribution in [3.8, 4) is 0 Å². The van der Waals surface area contributed by atoms with Crippen LogP contribution in [-0.4, -0.2) is 131 Å². The topological polar surface area (TPSA) is 218 Å². The van der Waals surface area contributed by atoms with Gasteiger partial charge in [-0.25, -0.2) is 8.42 Å². The number of hydrogen-bond donors (Lipinski definition) is 6. The molecule has 4 saturated carbocycles. The quantitative estimate of drug-likeness (QED) is 0.0372. The number of hydrogen-bond acceptors (Lipinski definition) is 15. The molecule has 0 aromatic heterocycles. The Bertz CT molecular complexity index is 2760. The van der Waals surface area contributed by atoms with E-state index in [0.717, 1.165) is 37.7 Å². The van der Waals surface area contributed by atoms with Crippen molar-refractivity contribution in [3.05, 3.63) is 215 Å².